The summed E-state index contributed by atoms with van der Waals surface area (Å²) in [6.07, 6.45) is 6.26. The van der Waals surface area contributed by atoms with Gasteiger partial charge in [0.05, 0.1) is 0 Å². The van der Waals surface area contributed by atoms with Crippen molar-refractivity contribution in [2.45, 2.75) is 78.3 Å². The summed E-state index contributed by atoms with van der Waals surface area (Å²) >= 11 is 0. The molecule has 1 saturated heterocycles. The lowest BCUT2D eigenvalue weighted by Crippen LogP contribution is -2.51. The molecule has 0 spiro atoms. The second kappa shape index (κ2) is 7.54. The summed E-state index contributed by atoms with van der Waals surface area (Å²) in [5.41, 5.74) is 0.373. The van der Waals surface area contributed by atoms with Crippen LogP contribution in [0.25, 0.3) is 0 Å². The highest BCUT2D eigenvalue weighted by Gasteiger charge is 2.30. The van der Waals surface area contributed by atoms with Gasteiger partial charge in [0.1, 0.15) is 0 Å². The maximum absolute atomic E-state index is 12.2. The van der Waals surface area contributed by atoms with E-state index in [1.54, 1.807) is 6.92 Å². The standard InChI is InChI=1S/C18H33N3O2.2H2/c1-13(22)21-11-9-16(10-12-21)20-17(23)19-15-7-5-14(6-8-15)18(2,3)4;;/h14-16H,5-12H2,1-4H3,(H2,19,20,23);2*1H. The van der Waals surface area contributed by atoms with E-state index in [1.807, 2.05) is 4.90 Å². The number of likely N-dealkylation sites (tertiary alicyclic amines) is 1. The minimum absolute atomic E-state index is 0. The Hall–Kier alpha value is -1.26. The molecule has 0 aromatic carbocycles. The molecule has 1 aliphatic heterocycles. The quantitative estimate of drug-likeness (QED) is 0.816. The lowest BCUT2D eigenvalue weighted by Gasteiger charge is -2.37. The molecule has 1 aliphatic carbocycles. The molecule has 0 aromatic heterocycles. The van der Waals surface area contributed by atoms with Crippen molar-refractivity contribution >= 4 is 11.9 Å². The van der Waals surface area contributed by atoms with Crippen LogP contribution in [0, 0.1) is 11.3 Å². The van der Waals surface area contributed by atoms with Gasteiger partial charge < -0.3 is 15.5 Å². The minimum atomic E-state index is -0.0366. The predicted molar refractivity (Wildman–Crippen MR) is 96.4 cm³/mol. The summed E-state index contributed by atoms with van der Waals surface area (Å²) in [5.74, 6) is 0.892. The number of hydrogen-bond acceptors (Lipinski definition) is 2. The van der Waals surface area contributed by atoms with Crippen molar-refractivity contribution in [2.24, 2.45) is 11.3 Å². The fourth-order valence-electron chi connectivity index (χ4n) is 3.85. The summed E-state index contributed by atoms with van der Waals surface area (Å²) in [4.78, 5) is 25.3. The van der Waals surface area contributed by atoms with Crippen LogP contribution in [0.2, 0.25) is 0 Å². The fraction of sp³-hybridized carbons (Fsp3) is 0.889. The zero-order valence-electron chi connectivity index (χ0n) is 15.2. The molecule has 3 amide bonds. The zero-order valence-corrected chi connectivity index (χ0v) is 15.2. The van der Waals surface area contributed by atoms with Crippen LogP contribution < -0.4 is 10.6 Å². The Bertz CT molecular complexity index is 425. The van der Waals surface area contributed by atoms with Gasteiger partial charge in [-0.3, -0.25) is 4.79 Å². The van der Waals surface area contributed by atoms with Gasteiger partial charge in [-0.25, -0.2) is 4.79 Å². The third kappa shape index (κ3) is 5.40. The van der Waals surface area contributed by atoms with Crippen LogP contribution in [0.15, 0.2) is 0 Å². The highest BCUT2D eigenvalue weighted by molar-refractivity contribution is 5.75. The van der Waals surface area contributed by atoms with Gasteiger partial charge >= 0.3 is 6.03 Å². The Labute approximate surface area is 143 Å². The second-order valence-electron chi connectivity index (χ2n) is 8.31. The smallest absolute Gasteiger partial charge is 0.315 e. The molecule has 0 radical (unpaired) electrons. The zero-order chi connectivity index (χ0) is 17.0. The number of piperidine rings is 1. The molecule has 2 fully saturated rings. The normalized spacial score (nSPS) is 26.7. The molecule has 0 unspecified atom stereocenters. The van der Waals surface area contributed by atoms with E-state index in [9.17, 15) is 9.59 Å². The Morgan fingerprint density at radius 3 is 1.83 bits per heavy atom. The molecule has 2 rings (SSSR count). The number of nitrogens with zero attached hydrogens (tertiary/aromatic N) is 1. The van der Waals surface area contributed by atoms with E-state index in [0.29, 0.717) is 11.5 Å². The van der Waals surface area contributed by atoms with E-state index in [-0.39, 0.29) is 20.8 Å². The third-order valence-electron chi connectivity index (χ3n) is 5.56. The Kier molecular flexibility index (Phi) is 5.93. The van der Waals surface area contributed by atoms with Crippen LogP contribution in [0.4, 0.5) is 4.79 Å². The van der Waals surface area contributed by atoms with Crippen LogP contribution >= 0.6 is 0 Å². The maximum atomic E-state index is 12.2. The molecule has 5 nitrogen and oxygen atoms in total. The SMILES string of the molecule is CC(=O)N1CCC(NC(=O)NC2CCC(C(C)(C)C)CC2)CC1.[HH].[HH]. The van der Waals surface area contributed by atoms with Gasteiger partial charge in [0, 0.05) is 35.0 Å². The van der Waals surface area contributed by atoms with Crippen molar-refractivity contribution in [3.8, 4) is 0 Å². The predicted octanol–water partition coefficient (Wildman–Crippen LogP) is 3.39. The number of hydrogen-bond donors (Lipinski definition) is 2. The van der Waals surface area contributed by atoms with E-state index in [2.05, 4.69) is 31.4 Å². The number of urea groups is 1. The van der Waals surface area contributed by atoms with Gasteiger partial charge in [-0.2, -0.15) is 0 Å². The molecule has 5 heteroatoms. The van der Waals surface area contributed by atoms with E-state index in [0.717, 1.165) is 44.7 Å². The first kappa shape index (κ1) is 18.1. The molecule has 0 atom stereocenters. The van der Waals surface area contributed by atoms with Crippen molar-refractivity contribution < 1.29 is 12.4 Å². The number of carbonyl (C=O) groups excluding carboxylic acids is 2. The monoisotopic (exact) mass is 327 g/mol. The first-order chi connectivity index (χ1) is 10.8. The molecule has 2 N–H and O–H groups in total. The van der Waals surface area contributed by atoms with Crippen molar-refractivity contribution in [1.82, 2.24) is 15.5 Å². The first-order valence-electron chi connectivity index (χ1n) is 9.08. The molecule has 2 aliphatic rings. The molecule has 1 heterocycles. The van der Waals surface area contributed by atoms with Crippen LogP contribution in [-0.4, -0.2) is 42.0 Å². The molecule has 1 saturated carbocycles. The molecule has 136 valence electrons. The first-order valence-corrected chi connectivity index (χ1v) is 9.08. The highest BCUT2D eigenvalue weighted by atomic mass is 16.2. The molecule has 23 heavy (non-hydrogen) atoms. The van der Waals surface area contributed by atoms with Crippen LogP contribution in [0.1, 0.15) is 69.1 Å². The van der Waals surface area contributed by atoms with Gasteiger partial charge in [0.2, 0.25) is 5.91 Å². The Morgan fingerprint density at radius 2 is 1.39 bits per heavy atom. The summed E-state index contributed by atoms with van der Waals surface area (Å²) < 4.78 is 0. The topological polar surface area (TPSA) is 61.4 Å². The van der Waals surface area contributed by atoms with E-state index in [1.165, 1.54) is 12.8 Å². The minimum Gasteiger partial charge on any atom is -0.343 e. The molecular weight excluding hydrogens is 290 g/mol. The Morgan fingerprint density at radius 1 is 0.913 bits per heavy atom. The summed E-state index contributed by atoms with van der Waals surface area (Å²) in [6, 6.07) is 0.466. The number of carbonyl (C=O) groups is 2. The second-order valence-corrected chi connectivity index (χ2v) is 8.31. The number of rotatable bonds is 2. The van der Waals surface area contributed by atoms with Gasteiger partial charge in [-0.15, -0.1) is 0 Å². The lowest BCUT2D eigenvalue weighted by molar-refractivity contribution is -0.129. The third-order valence-corrected chi connectivity index (χ3v) is 5.56. The van der Waals surface area contributed by atoms with Crippen molar-refractivity contribution in [3.63, 3.8) is 0 Å². The fourth-order valence-corrected chi connectivity index (χ4v) is 3.85. The largest absolute Gasteiger partial charge is 0.343 e. The average Bonchev–Trinajstić information content (AvgIpc) is 2.47. The van der Waals surface area contributed by atoms with Crippen molar-refractivity contribution in [2.75, 3.05) is 13.1 Å². The van der Waals surface area contributed by atoms with Crippen molar-refractivity contribution in [3.05, 3.63) is 0 Å². The maximum Gasteiger partial charge on any atom is 0.315 e. The summed E-state index contributed by atoms with van der Waals surface area (Å²) in [6.45, 7) is 10.0. The van der Waals surface area contributed by atoms with Gasteiger partial charge in [-0.05, 0) is 49.9 Å². The van der Waals surface area contributed by atoms with Gasteiger partial charge in [-0.1, -0.05) is 20.8 Å². The molecule has 0 bridgehead atoms. The van der Waals surface area contributed by atoms with Crippen LogP contribution in [0.3, 0.4) is 0 Å². The van der Waals surface area contributed by atoms with Crippen LogP contribution in [0.5, 0.6) is 0 Å². The van der Waals surface area contributed by atoms with E-state index in [4.69, 9.17) is 0 Å². The van der Waals surface area contributed by atoms with Crippen molar-refractivity contribution in [1.29, 1.82) is 0 Å². The van der Waals surface area contributed by atoms with Gasteiger partial charge in [0.25, 0.3) is 0 Å². The summed E-state index contributed by atoms with van der Waals surface area (Å²) in [5, 5.41) is 6.22. The summed E-state index contributed by atoms with van der Waals surface area (Å²) in [7, 11) is 0. The lowest BCUT2D eigenvalue weighted by atomic mass is 9.71. The average molecular weight is 328 g/mol. The van der Waals surface area contributed by atoms with E-state index < -0.39 is 0 Å². The highest BCUT2D eigenvalue weighted by Crippen LogP contribution is 2.37. The number of nitrogens with one attached hydrogen (secondary N) is 2. The molecule has 0 aromatic rings. The number of amides is 3. The molecular formula is C18H37N3O2. The van der Waals surface area contributed by atoms with Crippen LogP contribution in [-0.2, 0) is 4.79 Å². The van der Waals surface area contributed by atoms with Gasteiger partial charge in [0.15, 0.2) is 0 Å². The Balaban J connectivity index is 0.00000288. The van der Waals surface area contributed by atoms with E-state index >= 15 is 0 Å².